The van der Waals surface area contributed by atoms with E-state index in [1.54, 1.807) is 12.1 Å². The number of nitrogens with one attached hydrogen (secondary N) is 1. The maximum Gasteiger partial charge on any atom is 0.275 e. The minimum Gasteiger partial charge on any atom is -0.507 e. The van der Waals surface area contributed by atoms with Gasteiger partial charge in [-0.3, -0.25) is 4.79 Å². The fraction of sp³-hybridized carbons (Fsp3) is 0. The van der Waals surface area contributed by atoms with Gasteiger partial charge in [-0.2, -0.15) is 5.10 Å². The Labute approximate surface area is 123 Å². The maximum atomic E-state index is 11.7. The molecule has 2 N–H and O–H groups in total. The van der Waals surface area contributed by atoms with Gasteiger partial charge in [0.1, 0.15) is 5.75 Å². The summed E-state index contributed by atoms with van der Waals surface area (Å²) < 4.78 is 0.639. The van der Waals surface area contributed by atoms with Crippen molar-refractivity contribution >= 4 is 46.7 Å². The molecule has 0 aliphatic rings. The molecule has 0 fully saturated rings. The number of nitrogens with zero attached hydrogens (tertiary/aromatic N) is 1. The summed E-state index contributed by atoms with van der Waals surface area (Å²) in [5.74, 6) is -0.699. The second kappa shape index (κ2) is 6.06. The van der Waals surface area contributed by atoms with Gasteiger partial charge in [0.05, 0.1) is 16.1 Å². The van der Waals surface area contributed by atoms with E-state index in [9.17, 15) is 9.90 Å². The molecule has 0 aliphatic heterocycles. The summed E-state index contributed by atoms with van der Waals surface area (Å²) in [5.41, 5.74) is 2.36. The van der Waals surface area contributed by atoms with E-state index in [2.05, 4.69) is 10.5 Å². The monoisotopic (exact) mass is 314 g/mol. The molecule has 0 unspecified atom stereocenters. The molecule has 2 rings (SSSR count). The average Bonchev–Trinajstić information content (AvgIpc) is 2.78. The van der Waals surface area contributed by atoms with E-state index in [0.717, 1.165) is 4.88 Å². The third-order valence-corrected chi connectivity index (χ3v) is 3.56. The van der Waals surface area contributed by atoms with Crippen LogP contribution in [0.1, 0.15) is 15.2 Å². The molecule has 98 valence electrons. The third-order valence-electron chi connectivity index (χ3n) is 2.16. The molecule has 7 heteroatoms. The molecule has 1 heterocycles. The molecule has 0 radical (unpaired) electrons. The number of hydrazone groups is 1. The molecule has 0 saturated heterocycles. The van der Waals surface area contributed by atoms with Crippen molar-refractivity contribution in [2.75, 3.05) is 0 Å². The number of carbonyl (C=O) groups excluding carboxylic acids is 1. The molecule has 4 nitrogen and oxygen atoms in total. The lowest BCUT2D eigenvalue weighted by Gasteiger charge is -2.02. The largest absolute Gasteiger partial charge is 0.507 e. The lowest BCUT2D eigenvalue weighted by Crippen LogP contribution is -2.17. The van der Waals surface area contributed by atoms with Gasteiger partial charge in [0, 0.05) is 9.90 Å². The fourth-order valence-corrected chi connectivity index (χ4v) is 2.41. The highest BCUT2D eigenvalue weighted by Crippen LogP contribution is 2.21. The molecule has 0 bridgehead atoms. The highest BCUT2D eigenvalue weighted by atomic mass is 35.5. The second-order valence-electron chi connectivity index (χ2n) is 3.50. The van der Waals surface area contributed by atoms with Gasteiger partial charge in [0.25, 0.3) is 5.91 Å². The Morgan fingerprint density at radius 1 is 1.32 bits per heavy atom. The van der Waals surface area contributed by atoms with Gasteiger partial charge in [0.15, 0.2) is 0 Å². The van der Waals surface area contributed by atoms with Crippen molar-refractivity contribution in [1.82, 2.24) is 5.43 Å². The van der Waals surface area contributed by atoms with Crippen LogP contribution in [-0.2, 0) is 0 Å². The van der Waals surface area contributed by atoms with Crippen LogP contribution in [0.3, 0.4) is 0 Å². The van der Waals surface area contributed by atoms with Crippen molar-refractivity contribution < 1.29 is 9.90 Å². The van der Waals surface area contributed by atoms with Crippen molar-refractivity contribution in [2.24, 2.45) is 5.10 Å². The van der Waals surface area contributed by atoms with E-state index in [4.69, 9.17) is 23.2 Å². The molecular formula is C12H8Cl2N2O2S. The Bertz CT molecular complexity index is 640. The average molecular weight is 315 g/mol. The second-order valence-corrected chi connectivity index (χ2v) is 5.69. The Balaban J connectivity index is 2.05. The van der Waals surface area contributed by atoms with Crippen LogP contribution in [-0.4, -0.2) is 17.2 Å². The Hall–Kier alpha value is -1.56. The summed E-state index contributed by atoms with van der Waals surface area (Å²) in [7, 11) is 0. The molecular weight excluding hydrogens is 307 g/mol. The molecule has 0 aliphatic carbocycles. The predicted molar refractivity (Wildman–Crippen MR) is 77.5 cm³/mol. The van der Waals surface area contributed by atoms with Crippen molar-refractivity contribution in [3.63, 3.8) is 0 Å². The van der Waals surface area contributed by atoms with E-state index in [1.807, 2.05) is 0 Å². The van der Waals surface area contributed by atoms with Crippen molar-refractivity contribution in [2.45, 2.75) is 0 Å². The summed E-state index contributed by atoms with van der Waals surface area (Å²) in [6, 6.07) is 7.71. The Morgan fingerprint density at radius 3 is 2.79 bits per heavy atom. The highest BCUT2D eigenvalue weighted by Gasteiger charge is 2.10. The fourth-order valence-electron chi connectivity index (χ4n) is 1.30. The summed E-state index contributed by atoms with van der Waals surface area (Å²) in [4.78, 5) is 12.6. The summed E-state index contributed by atoms with van der Waals surface area (Å²) >= 11 is 12.8. The standard InChI is InChI=1S/C12H8Cl2N2O2S/c13-7-1-3-10(17)9(5-7)12(18)16-15-6-8-2-4-11(14)19-8/h1-6,17H,(H,16,18)/b15-6+. The van der Waals surface area contributed by atoms with Gasteiger partial charge >= 0.3 is 0 Å². The number of halogens is 2. The summed E-state index contributed by atoms with van der Waals surface area (Å²) in [6.07, 6.45) is 1.47. The molecule has 2 aromatic rings. The van der Waals surface area contributed by atoms with Crippen LogP contribution in [0.15, 0.2) is 35.4 Å². The number of benzene rings is 1. The van der Waals surface area contributed by atoms with Gasteiger partial charge in [0.2, 0.25) is 0 Å². The van der Waals surface area contributed by atoms with Gasteiger partial charge in [-0.15, -0.1) is 11.3 Å². The number of phenolic OH excluding ortho intramolecular Hbond substituents is 1. The Kier molecular flexibility index (Phi) is 4.42. The molecule has 19 heavy (non-hydrogen) atoms. The van der Waals surface area contributed by atoms with Gasteiger partial charge in [-0.05, 0) is 30.3 Å². The van der Waals surface area contributed by atoms with E-state index < -0.39 is 5.91 Å². The first-order valence-corrected chi connectivity index (χ1v) is 6.71. The van der Waals surface area contributed by atoms with Crippen molar-refractivity contribution in [1.29, 1.82) is 0 Å². The molecule has 0 atom stereocenters. The quantitative estimate of drug-likeness (QED) is 0.672. The molecule has 1 amide bonds. The number of aromatic hydroxyl groups is 1. The van der Waals surface area contributed by atoms with E-state index in [-0.39, 0.29) is 11.3 Å². The number of phenols is 1. The molecule has 1 aromatic carbocycles. The van der Waals surface area contributed by atoms with Crippen LogP contribution >= 0.6 is 34.5 Å². The van der Waals surface area contributed by atoms with E-state index >= 15 is 0 Å². The van der Waals surface area contributed by atoms with E-state index in [0.29, 0.717) is 9.36 Å². The maximum absolute atomic E-state index is 11.7. The lowest BCUT2D eigenvalue weighted by molar-refractivity contribution is 0.0952. The first-order valence-electron chi connectivity index (χ1n) is 5.13. The highest BCUT2D eigenvalue weighted by molar-refractivity contribution is 7.17. The minimum absolute atomic E-state index is 0.0638. The molecule has 1 aromatic heterocycles. The van der Waals surface area contributed by atoms with Crippen LogP contribution in [0, 0.1) is 0 Å². The smallest absolute Gasteiger partial charge is 0.275 e. The zero-order valence-electron chi connectivity index (χ0n) is 9.43. The topological polar surface area (TPSA) is 61.7 Å². The van der Waals surface area contributed by atoms with Gasteiger partial charge < -0.3 is 5.11 Å². The van der Waals surface area contributed by atoms with Crippen LogP contribution in [0.4, 0.5) is 0 Å². The van der Waals surface area contributed by atoms with Crippen molar-refractivity contribution in [3.05, 3.63) is 50.1 Å². The molecule has 0 saturated carbocycles. The van der Waals surface area contributed by atoms with Crippen LogP contribution in [0.25, 0.3) is 0 Å². The SMILES string of the molecule is O=C(N/N=C/c1ccc(Cl)s1)c1cc(Cl)ccc1O. The number of amides is 1. The normalized spacial score (nSPS) is 10.8. The van der Waals surface area contributed by atoms with Gasteiger partial charge in [-0.25, -0.2) is 5.43 Å². The molecule has 0 spiro atoms. The third kappa shape index (κ3) is 3.70. The summed E-state index contributed by atoms with van der Waals surface area (Å²) in [6.45, 7) is 0. The van der Waals surface area contributed by atoms with Crippen LogP contribution in [0.5, 0.6) is 5.75 Å². The minimum atomic E-state index is -0.543. The zero-order chi connectivity index (χ0) is 13.8. The first-order chi connectivity index (χ1) is 9.06. The first kappa shape index (κ1) is 13.9. The number of hydrogen-bond acceptors (Lipinski definition) is 4. The Morgan fingerprint density at radius 2 is 2.11 bits per heavy atom. The lowest BCUT2D eigenvalue weighted by atomic mass is 10.2. The summed E-state index contributed by atoms with van der Waals surface area (Å²) in [5, 5.41) is 13.7. The number of hydrogen-bond donors (Lipinski definition) is 2. The number of thiophene rings is 1. The van der Waals surface area contributed by atoms with Gasteiger partial charge in [-0.1, -0.05) is 23.2 Å². The van der Waals surface area contributed by atoms with Crippen LogP contribution in [0.2, 0.25) is 9.36 Å². The zero-order valence-corrected chi connectivity index (χ0v) is 11.8. The number of rotatable bonds is 3. The van der Waals surface area contributed by atoms with E-state index in [1.165, 1.54) is 35.8 Å². The number of carbonyl (C=O) groups is 1. The van der Waals surface area contributed by atoms with Crippen molar-refractivity contribution in [3.8, 4) is 5.75 Å². The van der Waals surface area contributed by atoms with Crippen LogP contribution < -0.4 is 5.43 Å². The predicted octanol–water partition coefficient (Wildman–Crippen LogP) is 3.52.